The standard InChI is InChI=1S/C12H9BrF3NO2S/c1-2-19-11(18)5-7-4-10(20-12(14,15)16)8(6-17)3-9(7)13/h3-4H,2,5H2,1H3. The lowest BCUT2D eigenvalue weighted by Gasteiger charge is -2.11. The van der Waals surface area contributed by atoms with Gasteiger partial charge >= 0.3 is 11.5 Å². The first-order chi connectivity index (χ1) is 9.26. The average molecular weight is 368 g/mol. The topological polar surface area (TPSA) is 50.1 Å². The Bertz CT molecular complexity index is 555. The molecule has 0 aliphatic heterocycles. The third-order valence-electron chi connectivity index (χ3n) is 2.13. The second kappa shape index (κ2) is 6.99. The van der Waals surface area contributed by atoms with E-state index >= 15 is 0 Å². The summed E-state index contributed by atoms with van der Waals surface area (Å²) in [4.78, 5) is 11.1. The number of ether oxygens (including phenoxy) is 1. The molecule has 108 valence electrons. The minimum atomic E-state index is -4.50. The van der Waals surface area contributed by atoms with Crippen LogP contribution < -0.4 is 0 Å². The summed E-state index contributed by atoms with van der Waals surface area (Å²) in [5.41, 5.74) is -4.26. The number of hydrogen-bond acceptors (Lipinski definition) is 4. The van der Waals surface area contributed by atoms with Gasteiger partial charge in [0.05, 0.1) is 18.6 Å². The van der Waals surface area contributed by atoms with Gasteiger partial charge in [-0.2, -0.15) is 18.4 Å². The van der Waals surface area contributed by atoms with Crippen LogP contribution in [0.3, 0.4) is 0 Å². The zero-order valence-corrected chi connectivity index (χ0v) is 12.7. The smallest absolute Gasteiger partial charge is 0.446 e. The van der Waals surface area contributed by atoms with E-state index in [1.165, 1.54) is 12.1 Å². The van der Waals surface area contributed by atoms with Gasteiger partial charge < -0.3 is 4.74 Å². The van der Waals surface area contributed by atoms with Crippen LogP contribution in [0.15, 0.2) is 21.5 Å². The maximum absolute atomic E-state index is 12.4. The fourth-order valence-electron chi connectivity index (χ4n) is 1.39. The molecule has 0 aromatic heterocycles. The maximum Gasteiger partial charge on any atom is 0.446 e. The number of nitrogens with zero attached hydrogens (tertiary/aromatic N) is 1. The van der Waals surface area contributed by atoms with Gasteiger partial charge in [-0.15, -0.1) is 0 Å². The van der Waals surface area contributed by atoms with Crippen molar-refractivity contribution < 1.29 is 22.7 Å². The SMILES string of the molecule is CCOC(=O)Cc1cc(SC(F)(F)F)c(C#N)cc1Br. The van der Waals surface area contributed by atoms with Crippen LogP contribution in [0.25, 0.3) is 0 Å². The molecule has 1 aromatic rings. The molecular formula is C12H9BrF3NO2S. The van der Waals surface area contributed by atoms with Gasteiger partial charge in [-0.05, 0) is 36.4 Å². The Kier molecular flexibility index (Phi) is 5.89. The molecule has 0 radical (unpaired) electrons. The summed E-state index contributed by atoms with van der Waals surface area (Å²) in [6, 6.07) is 4.14. The molecule has 0 heterocycles. The monoisotopic (exact) mass is 367 g/mol. The molecular weight excluding hydrogens is 359 g/mol. The summed E-state index contributed by atoms with van der Waals surface area (Å²) in [5.74, 6) is -0.541. The maximum atomic E-state index is 12.4. The first-order valence-electron chi connectivity index (χ1n) is 5.40. The quantitative estimate of drug-likeness (QED) is 0.595. The molecule has 0 aliphatic rings. The van der Waals surface area contributed by atoms with Gasteiger partial charge in [0.1, 0.15) is 6.07 Å². The number of nitriles is 1. The van der Waals surface area contributed by atoms with Crippen LogP contribution in [0.2, 0.25) is 0 Å². The van der Waals surface area contributed by atoms with Crippen molar-refractivity contribution in [1.82, 2.24) is 0 Å². The first kappa shape index (κ1) is 16.9. The number of alkyl halides is 3. The Morgan fingerprint density at radius 3 is 2.65 bits per heavy atom. The van der Waals surface area contributed by atoms with Crippen LogP contribution in [0.4, 0.5) is 13.2 Å². The summed E-state index contributed by atoms with van der Waals surface area (Å²) in [7, 11) is 0. The van der Waals surface area contributed by atoms with E-state index in [0.29, 0.717) is 10.0 Å². The summed E-state index contributed by atoms with van der Waals surface area (Å²) in [6.45, 7) is 1.83. The Morgan fingerprint density at radius 2 is 2.15 bits per heavy atom. The Balaban J connectivity index is 3.11. The number of carbonyl (C=O) groups is 1. The van der Waals surface area contributed by atoms with E-state index < -0.39 is 11.5 Å². The third kappa shape index (κ3) is 5.06. The number of benzene rings is 1. The average Bonchev–Trinajstić information content (AvgIpc) is 2.31. The van der Waals surface area contributed by atoms with Crippen LogP contribution >= 0.6 is 27.7 Å². The Morgan fingerprint density at radius 1 is 1.50 bits per heavy atom. The fraction of sp³-hybridized carbons (Fsp3) is 0.333. The van der Waals surface area contributed by atoms with Gasteiger partial charge in [0.25, 0.3) is 0 Å². The van der Waals surface area contributed by atoms with Crippen LogP contribution in [0.5, 0.6) is 0 Å². The van der Waals surface area contributed by atoms with Crippen molar-refractivity contribution >= 4 is 33.7 Å². The summed E-state index contributed by atoms with van der Waals surface area (Å²) >= 11 is 2.75. The van der Waals surface area contributed by atoms with Crippen molar-refractivity contribution in [3.8, 4) is 6.07 Å². The van der Waals surface area contributed by atoms with Gasteiger partial charge in [-0.3, -0.25) is 4.79 Å². The lowest BCUT2D eigenvalue weighted by molar-refractivity contribution is -0.142. The van der Waals surface area contributed by atoms with Crippen molar-refractivity contribution in [2.75, 3.05) is 6.61 Å². The van der Waals surface area contributed by atoms with E-state index in [1.807, 2.05) is 0 Å². The molecule has 0 saturated heterocycles. The van der Waals surface area contributed by atoms with Gasteiger partial charge in [-0.1, -0.05) is 15.9 Å². The van der Waals surface area contributed by atoms with Crippen LogP contribution in [0, 0.1) is 11.3 Å². The Labute approximate surface area is 126 Å². The molecule has 0 atom stereocenters. The number of thioether (sulfide) groups is 1. The predicted octanol–water partition coefficient (Wildman–Crippen LogP) is 4.04. The van der Waals surface area contributed by atoms with E-state index in [2.05, 4.69) is 15.9 Å². The van der Waals surface area contributed by atoms with Gasteiger partial charge in [0.2, 0.25) is 0 Å². The van der Waals surface area contributed by atoms with Crippen molar-refractivity contribution in [1.29, 1.82) is 5.26 Å². The molecule has 8 heteroatoms. The highest BCUT2D eigenvalue weighted by Crippen LogP contribution is 2.40. The highest BCUT2D eigenvalue weighted by Gasteiger charge is 2.31. The number of esters is 1. The minimum absolute atomic E-state index is 0.105. The van der Waals surface area contributed by atoms with E-state index in [0.717, 1.165) is 0 Å². The first-order valence-corrected chi connectivity index (χ1v) is 7.01. The lowest BCUT2D eigenvalue weighted by Crippen LogP contribution is -2.09. The molecule has 3 nitrogen and oxygen atoms in total. The fourth-order valence-corrected chi connectivity index (χ4v) is 2.54. The summed E-state index contributed by atoms with van der Waals surface area (Å²) in [5, 5.41) is 8.85. The number of hydrogen-bond donors (Lipinski definition) is 0. The minimum Gasteiger partial charge on any atom is -0.466 e. The van der Waals surface area contributed by atoms with Crippen LogP contribution in [0.1, 0.15) is 18.1 Å². The zero-order valence-electron chi connectivity index (χ0n) is 10.3. The van der Waals surface area contributed by atoms with Gasteiger partial charge in [0.15, 0.2) is 0 Å². The van der Waals surface area contributed by atoms with Crippen molar-refractivity contribution in [3.63, 3.8) is 0 Å². The lowest BCUT2D eigenvalue weighted by atomic mass is 10.1. The third-order valence-corrected chi connectivity index (χ3v) is 3.66. The molecule has 0 unspecified atom stereocenters. The summed E-state index contributed by atoms with van der Waals surface area (Å²) < 4.78 is 42.4. The molecule has 0 saturated carbocycles. The largest absolute Gasteiger partial charge is 0.466 e. The molecule has 0 aliphatic carbocycles. The van der Waals surface area contributed by atoms with E-state index in [1.54, 1.807) is 13.0 Å². The molecule has 0 amide bonds. The van der Waals surface area contributed by atoms with Crippen LogP contribution in [-0.2, 0) is 16.0 Å². The molecule has 1 rings (SSSR count). The molecule has 0 N–H and O–H groups in total. The number of carbonyl (C=O) groups excluding carboxylic acids is 1. The molecule has 0 fully saturated rings. The molecule has 0 spiro atoms. The van der Waals surface area contributed by atoms with E-state index in [4.69, 9.17) is 10.00 Å². The number of rotatable bonds is 4. The van der Waals surface area contributed by atoms with Crippen molar-refractivity contribution in [2.45, 2.75) is 23.7 Å². The van der Waals surface area contributed by atoms with Crippen molar-refractivity contribution in [2.24, 2.45) is 0 Å². The second-order valence-corrected chi connectivity index (χ2v) is 5.54. The van der Waals surface area contributed by atoms with E-state index in [-0.39, 0.29) is 35.2 Å². The molecule has 0 bridgehead atoms. The molecule has 20 heavy (non-hydrogen) atoms. The van der Waals surface area contributed by atoms with Crippen molar-refractivity contribution in [3.05, 3.63) is 27.7 Å². The van der Waals surface area contributed by atoms with E-state index in [9.17, 15) is 18.0 Å². The van der Waals surface area contributed by atoms with Gasteiger partial charge in [-0.25, -0.2) is 0 Å². The summed E-state index contributed by atoms with van der Waals surface area (Å²) in [6.07, 6.45) is -0.161. The number of halogens is 4. The Hall–Kier alpha value is -1.20. The zero-order chi connectivity index (χ0) is 15.3. The highest BCUT2D eigenvalue weighted by atomic mass is 79.9. The second-order valence-electron chi connectivity index (χ2n) is 3.58. The predicted molar refractivity (Wildman–Crippen MR) is 71.1 cm³/mol. The highest BCUT2D eigenvalue weighted by molar-refractivity contribution is 9.10. The van der Waals surface area contributed by atoms with Crippen LogP contribution in [-0.4, -0.2) is 18.1 Å². The van der Waals surface area contributed by atoms with Gasteiger partial charge in [0, 0.05) is 9.37 Å². The molecule has 1 aromatic carbocycles. The normalized spacial score (nSPS) is 11.0.